The molecule has 0 amide bonds. The Labute approximate surface area is 160 Å². The van der Waals surface area contributed by atoms with E-state index in [9.17, 15) is 14.7 Å². The smallest absolute Gasteiger partial charge is 0.307 e. The third-order valence-electron chi connectivity index (χ3n) is 5.44. The molecule has 0 aliphatic carbocycles. The lowest BCUT2D eigenvalue weighted by Crippen LogP contribution is -2.33. The van der Waals surface area contributed by atoms with Crippen molar-refractivity contribution in [1.29, 1.82) is 0 Å². The molecule has 2 N–H and O–H groups in total. The second kappa shape index (κ2) is 15.0. The largest absolute Gasteiger partial charge is 0.481 e. The summed E-state index contributed by atoms with van der Waals surface area (Å²) in [5, 5.41) is 18.4. The Hall–Kier alpha value is -1.06. The second-order valence-corrected chi connectivity index (χ2v) is 8.48. The minimum atomic E-state index is -0.924. The van der Waals surface area contributed by atoms with Gasteiger partial charge < -0.3 is 10.2 Å². The molecular weight excluding hydrogens is 328 g/mol. The number of hydrogen-bond acceptors (Lipinski definition) is 2. The normalized spacial score (nSPS) is 12.9. The molecule has 0 aliphatic heterocycles. The monoisotopic (exact) mass is 370 g/mol. The first-order valence-corrected chi connectivity index (χ1v) is 10.8. The summed E-state index contributed by atoms with van der Waals surface area (Å²) in [6.45, 7) is 5.75. The highest BCUT2D eigenvalue weighted by Gasteiger charge is 2.36. The van der Waals surface area contributed by atoms with Gasteiger partial charge in [-0.25, -0.2) is 0 Å². The molecule has 0 heterocycles. The molecule has 0 rings (SSSR count). The average Bonchev–Trinajstić information content (AvgIpc) is 2.53. The SMILES string of the molecule is CCCCCCCCCCCCCCCC(C(=O)O)C(C)(C)CC(=O)O. The first-order valence-electron chi connectivity index (χ1n) is 10.8. The van der Waals surface area contributed by atoms with Gasteiger partial charge in [0, 0.05) is 0 Å². The number of carboxylic acid groups (broad SMARTS) is 2. The Kier molecular flexibility index (Phi) is 14.4. The highest BCUT2D eigenvalue weighted by atomic mass is 16.4. The zero-order valence-corrected chi connectivity index (χ0v) is 17.4. The Morgan fingerprint density at radius 3 is 1.46 bits per heavy atom. The maximum atomic E-state index is 11.5. The van der Waals surface area contributed by atoms with Gasteiger partial charge in [0.15, 0.2) is 0 Å². The van der Waals surface area contributed by atoms with Crippen LogP contribution < -0.4 is 0 Å². The number of hydrogen-bond donors (Lipinski definition) is 2. The van der Waals surface area contributed by atoms with E-state index in [0.717, 1.165) is 19.3 Å². The van der Waals surface area contributed by atoms with Gasteiger partial charge in [0.1, 0.15) is 0 Å². The highest BCUT2D eigenvalue weighted by molar-refractivity contribution is 5.73. The molecule has 0 aromatic carbocycles. The Balaban J connectivity index is 3.68. The van der Waals surface area contributed by atoms with Crippen molar-refractivity contribution in [3.8, 4) is 0 Å². The van der Waals surface area contributed by atoms with Gasteiger partial charge in [0.05, 0.1) is 12.3 Å². The van der Waals surface area contributed by atoms with Crippen LogP contribution in [0.1, 0.15) is 117 Å². The third kappa shape index (κ3) is 13.2. The number of carboxylic acids is 2. The minimum absolute atomic E-state index is 0.0948. The van der Waals surface area contributed by atoms with Crippen LogP contribution in [0.2, 0.25) is 0 Å². The summed E-state index contributed by atoms with van der Waals surface area (Å²) in [5.74, 6) is -2.37. The number of aliphatic carboxylic acids is 2. The van der Waals surface area contributed by atoms with Crippen molar-refractivity contribution in [2.75, 3.05) is 0 Å². The summed E-state index contributed by atoms with van der Waals surface area (Å²) in [7, 11) is 0. The fourth-order valence-corrected chi connectivity index (χ4v) is 3.73. The molecule has 0 aliphatic rings. The summed E-state index contributed by atoms with van der Waals surface area (Å²) in [5.41, 5.74) is -0.700. The lowest BCUT2D eigenvalue weighted by atomic mass is 9.74. The molecule has 0 radical (unpaired) electrons. The summed E-state index contributed by atoms with van der Waals surface area (Å²) in [6.07, 6.45) is 16.9. The molecule has 0 spiro atoms. The molecule has 1 atom stereocenters. The molecule has 154 valence electrons. The van der Waals surface area contributed by atoms with Crippen molar-refractivity contribution in [2.24, 2.45) is 11.3 Å². The summed E-state index contributed by atoms with van der Waals surface area (Å²) < 4.78 is 0. The van der Waals surface area contributed by atoms with Gasteiger partial charge in [-0.3, -0.25) is 9.59 Å². The van der Waals surface area contributed by atoms with Gasteiger partial charge in [0.25, 0.3) is 0 Å². The van der Waals surface area contributed by atoms with Crippen molar-refractivity contribution in [3.63, 3.8) is 0 Å². The standard InChI is InChI=1S/C22H42O4/c1-4-5-6-7-8-9-10-11-12-13-14-15-16-17-19(21(25)26)22(2,3)18-20(23)24/h19H,4-18H2,1-3H3,(H,23,24)(H,25,26). The molecule has 4 heteroatoms. The first kappa shape index (κ1) is 24.9. The molecule has 0 fully saturated rings. The van der Waals surface area contributed by atoms with E-state index in [1.54, 1.807) is 13.8 Å². The Morgan fingerprint density at radius 2 is 1.12 bits per heavy atom. The quantitative estimate of drug-likeness (QED) is 0.264. The van der Waals surface area contributed by atoms with E-state index in [1.807, 2.05) is 0 Å². The Morgan fingerprint density at radius 1 is 0.731 bits per heavy atom. The van der Waals surface area contributed by atoms with Crippen molar-refractivity contribution in [2.45, 2.75) is 117 Å². The molecule has 4 nitrogen and oxygen atoms in total. The van der Waals surface area contributed by atoms with Gasteiger partial charge >= 0.3 is 11.9 Å². The van der Waals surface area contributed by atoms with Crippen LogP contribution in [-0.2, 0) is 9.59 Å². The van der Waals surface area contributed by atoms with Crippen LogP contribution in [0.5, 0.6) is 0 Å². The number of unbranched alkanes of at least 4 members (excludes halogenated alkanes) is 12. The van der Waals surface area contributed by atoms with E-state index in [2.05, 4.69) is 6.92 Å². The van der Waals surface area contributed by atoms with Crippen LogP contribution in [-0.4, -0.2) is 22.2 Å². The maximum absolute atomic E-state index is 11.5. The lowest BCUT2D eigenvalue weighted by Gasteiger charge is -2.30. The minimum Gasteiger partial charge on any atom is -0.481 e. The second-order valence-electron chi connectivity index (χ2n) is 8.48. The van der Waals surface area contributed by atoms with Crippen molar-refractivity contribution >= 4 is 11.9 Å². The molecule has 0 bridgehead atoms. The van der Waals surface area contributed by atoms with Crippen molar-refractivity contribution in [3.05, 3.63) is 0 Å². The van der Waals surface area contributed by atoms with E-state index in [4.69, 9.17) is 5.11 Å². The van der Waals surface area contributed by atoms with E-state index in [1.165, 1.54) is 64.2 Å². The average molecular weight is 371 g/mol. The summed E-state index contributed by atoms with van der Waals surface area (Å²) >= 11 is 0. The first-order chi connectivity index (χ1) is 12.3. The summed E-state index contributed by atoms with van der Waals surface area (Å²) in [4.78, 5) is 22.4. The fourth-order valence-electron chi connectivity index (χ4n) is 3.73. The number of rotatable bonds is 18. The van der Waals surface area contributed by atoms with E-state index >= 15 is 0 Å². The lowest BCUT2D eigenvalue weighted by molar-refractivity contribution is -0.149. The molecule has 0 saturated heterocycles. The molecular formula is C22H42O4. The number of carbonyl (C=O) groups is 2. The van der Waals surface area contributed by atoms with Gasteiger partial charge in [0.2, 0.25) is 0 Å². The van der Waals surface area contributed by atoms with Crippen LogP contribution >= 0.6 is 0 Å². The predicted octanol–water partition coefficient (Wildman–Crippen LogP) is 6.67. The highest BCUT2D eigenvalue weighted by Crippen LogP contribution is 2.34. The molecule has 0 saturated carbocycles. The predicted molar refractivity (Wildman–Crippen MR) is 107 cm³/mol. The molecule has 0 aromatic rings. The topological polar surface area (TPSA) is 74.6 Å². The van der Waals surface area contributed by atoms with Crippen LogP contribution in [0.3, 0.4) is 0 Å². The van der Waals surface area contributed by atoms with E-state index < -0.39 is 23.3 Å². The van der Waals surface area contributed by atoms with E-state index in [-0.39, 0.29) is 6.42 Å². The Bertz CT molecular complexity index is 376. The van der Waals surface area contributed by atoms with Crippen LogP contribution in [0.25, 0.3) is 0 Å². The van der Waals surface area contributed by atoms with Gasteiger partial charge in [-0.15, -0.1) is 0 Å². The van der Waals surface area contributed by atoms with E-state index in [0.29, 0.717) is 6.42 Å². The van der Waals surface area contributed by atoms with Crippen molar-refractivity contribution < 1.29 is 19.8 Å². The molecule has 26 heavy (non-hydrogen) atoms. The zero-order valence-electron chi connectivity index (χ0n) is 17.4. The van der Waals surface area contributed by atoms with Crippen LogP contribution in [0.4, 0.5) is 0 Å². The maximum Gasteiger partial charge on any atom is 0.307 e. The van der Waals surface area contributed by atoms with Crippen LogP contribution in [0.15, 0.2) is 0 Å². The third-order valence-corrected chi connectivity index (χ3v) is 5.44. The summed E-state index contributed by atoms with van der Waals surface area (Å²) in [6, 6.07) is 0. The van der Waals surface area contributed by atoms with Crippen molar-refractivity contribution in [1.82, 2.24) is 0 Å². The molecule has 1 unspecified atom stereocenters. The van der Waals surface area contributed by atoms with Gasteiger partial charge in [-0.1, -0.05) is 104 Å². The molecule has 0 aromatic heterocycles. The van der Waals surface area contributed by atoms with Gasteiger partial charge in [-0.2, -0.15) is 0 Å². The fraction of sp³-hybridized carbons (Fsp3) is 0.909. The van der Waals surface area contributed by atoms with Gasteiger partial charge in [-0.05, 0) is 11.8 Å². The zero-order chi connectivity index (χ0) is 19.8. The van der Waals surface area contributed by atoms with Crippen LogP contribution in [0, 0.1) is 11.3 Å².